The van der Waals surface area contributed by atoms with Gasteiger partial charge in [0.2, 0.25) is 0 Å². The number of halogens is 1. The van der Waals surface area contributed by atoms with E-state index in [4.69, 9.17) is 11.6 Å². The maximum Gasteiger partial charge on any atom is 0.272 e. The first-order chi connectivity index (χ1) is 8.81. The molecule has 0 saturated heterocycles. The van der Waals surface area contributed by atoms with E-state index in [1.54, 1.807) is 17.2 Å². The Balaban J connectivity index is 2.11. The van der Waals surface area contributed by atoms with Gasteiger partial charge in [-0.05, 0) is 11.6 Å². The standard InChI is InChI=1S/C13H14ClN3O/c14-7-9-17(10-11-4-2-1-3-5-11)13(18)12-6-8-15-16-12/h1-6,8H,7,9-10H2,(H,15,16). The molecule has 0 aliphatic carbocycles. The summed E-state index contributed by atoms with van der Waals surface area (Å²) in [4.78, 5) is 13.9. The van der Waals surface area contributed by atoms with Gasteiger partial charge in [-0.15, -0.1) is 11.6 Å². The van der Waals surface area contributed by atoms with Gasteiger partial charge in [0.1, 0.15) is 5.69 Å². The molecule has 0 radical (unpaired) electrons. The maximum atomic E-state index is 12.2. The predicted molar refractivity (Wildman–Crippen MR) is 70.5 cm³/mol. The number of nitrogens with one attached hydrogen (secondary N) is 1. The summed E-state index contributed by atoms with van der Waals surface area (Å²) in [6.45, 7) is 1.06. The normalized spacial score (nSPS) is 10.3. The highest BCUT2D eigenvalue weighted by Crippen LogP contribution is 2.08. The van der Waals surface area contributed by atoms with E-state index in [0.29, 0.717) is 24.7 Å². The van der Waals surface area contributed by atoms with E-state index in [-0.39, 0.29) is 5.91 Å². The zero-order valence-corrected chi connectivity index (χ0v) is 10.6. The van der Waals surface area contributed by atoms with Gasteiger partial charge in [0, 0.05) is 25.2 Å². The fourth-order valence-corrected chi connectivity index (χ4v) is 1.91. The second-order valence-electron chi connectivity index (χ2n) is 3.87. The van der Waals surface area contributed by atoms with Crippen LogP contribution in [-0.4, -0.2) is 33.4 Å². The first-order valence-corrected chi connectivity index (χ1v) is 6.23. The van der Waals surface area contributed by atoms with Gasteiger partial charge in [-0.25, -0.2) is 0 Å². The zero-order chi connectivity index (χ0) is 12.8. The van der Waals surface area contributed by atoms with Crippen molar-refractivity contribution in [3.05, 3.63) is 53.9 Å². The lowest BCUT2D eigenvalue weighted by Crippen LogP contribution is -2.32. The number of nitrogens with zero attached hydrogens (tertiary/aromatic N) is 2. The van der Waals surface area contributed by atoms with E-state index in [1.165, 1.54) is 0 Å². The maximum absolute atomic E-state index is 12.2. The van der Waals surface area contributed by atoms with Gasteiger partial charge in [0.15, 0.2) is 0 Å². The van der Waals surface area contributed by atoms with Crippen LogP contribution in [0.15, 0.2) is 42.6 Å². The van der Waals surface area contributed by atoms with Crippen LogP contribution in [0.3, 0.4) is 0 Å². The smallest absolute Gasteiger partial charge is 0.272 e. The van der Waals surface area contributed by atoms with Crippen LogP contribution < -0.4 is 0 Å². The highest BCUT2D eigenvalue weighted by atomic mass is 35.5. The molecule has 0 saturated carbocycles. The van der Waals surface area contributed by atoms with Gasteiger partial charge >= 0.3 is 0 Å². The average molecular weight is 264 g/mol. The largest absolute Gasteiger partial charge is 0.332 e. The number of rotatable bonds is 5. The van der Waals surface area contributed by atoms with E-state index in [2.05, 4.69) is 10.2 Å². The van der Waals surface area contributed by atoms with Crippen molar-refractivity contribution >= 4 is 17.5 Å². The Kier molecular flexibility index (Phi) is 4.36. The summed E-state index contributed by atoms with van der Waals surface area (Å²) in [6, 6.07) is 11.5. The Morgan fingerprint density at radius 2 is 2.06 bits per heavy atom. The van der Waals surface area contributed by atoms with Gasteiger partial charge in [-0.1, -0.05) is 30.3 Å². The summed E-state index contributed by atoms with van der Waals surface area (Å²) in [5.74, 6) is 0.323. The van der Waals surface area contributed by atoms with Crippen LogP contribution in [0, 0.1) is 0 Å². The average Bonchev–Trinajstić information content (AvgIpc) is 2.92. The van der Waals surface area contributed by atoms with Crippen molar-refractivity contribution in [2.24, 2.45) is 0 Å². The molecule has 2 aromatic rings. The highest BCUT2D eigenvalue weighted by molar-refractivity contribution is 6.18. The van der Waals surface area contributed by atoms with Crippen molar-refractivity contribution < 1.29 is 4.79 Å². The van der Waals surface area contributed by atoms with Crippen LogP contribution in [0.25, 0.3) is 0 Å². The molecule has 5 heteroatoms. The second-order valence-corrected chi connectivity index (χ2v) is 4.25. The van der Waals surface area contributed by atoms with Gasteiger partial charge in [0.25, 0.3) is 5.91 Å². The molecule has 18 heavy (non-hydrogen) atoms. The van der Waals surface area contributed by atoms with Crippen LogP contribution >= 0.6 is 11.6 Å². The van der Waals surface area contributed by atoms with Crippen molar-refractivity contribution in [3.63, 3.8) is 0 Å². The quantitative estimate of drug-likeness (QED) is 0.842. The Labute approximate surface area is 111 Å². The molecule has 0 aliphatic heterocycles. The number of carbonyl (C=O) groups is 1. The number of hydrogen-bond donors (Lipinski definition) is 1. The van der Waals surface area contributed by atoms with Gasteiger partial charge in [-0.3, -0.25) is 9.89 Å². The number of aromatic nitrogens is 2. The zero-order valence-electron chi connectivity index (χ0n) is 9.84. The third kappa shape index (κ3) is 3.11. The molecule has 1 N–H and O–H groups in total. The monoisotopic (exact) mass is 263 g/mol. The number of hydrogen-bond acceptors (Lipinski definition) is 2. The number of benzene rings is 1. The molecular formula is C13H14ClN3O. The summed E-state index contributed by atoms with van der Waals surface area (Å²) in [7, 11) is 0. The molecule has 0 fully saturated rings. The molecule has 0 atom stereocenters. The number of H-pyrrole nitrogens is 1. The Hall–Kier alpha value is -1.81. The molecule has 1 aromatic carbocycles. The minimum atomic E-state index is -0.0861. The van der Waals surface area contributed by atoms with E-state index in [0.717, 1.165) is 5.56 Å². The van der Waals surface area contributed by atoms with E-state index >= 15 is 0 Å². The van der Waals surface area contributed by atoms with Crippen LogP contribution in [0.4, 0.5) is 0 Å². The predicted octanol–water partition coefficient (Wildman–Crippen LogP) is 2.29. The highest BCUT2D eigenvalue weighted by Gasteiger charge is 2.16. The SMILES string of the molecule is O=C(c1ccn[nH]1)N(CCCl)Cc1ccccc1. The number of aromatic amines is 1. The molecule has 1 heterocycles. The molecule has 1 aromatic heterocycles. The number of carbonyl (C=O) groups excluding carboxylic acids is 1. The molecule has 4 nitrogen and oxygen atoms in total. The lowest BCUT2D eigenvalue weighted by Gasteiger charge is -2.21. The summed E-state index contributed by atoms with van der Waals surface area (Å²) >= 11 is 5.75. The van der Waals surface area contributed by atoms with Gasteiger partial charge in [-0.2, -0.15) is 5.10 Å². The lowest BCUT2D eigenvalue weighted by molar-refractivity contribution is 0.0748. The Morgan fingerprint density at radius 1 is 1.28 bits per heavy atom. The molecule has 0 bridgehead atoms. The Bertz CT molecular complexity index is 484. The van der Waals surface area contributed by atoms with Crippen LogP contribution in [-0.2, 0) is 6.54 Å². The topological polar surface area (TPSA) is 49.0 Å². The number of alkyl halides is 1. The first-order valence-electron chi connectivity index (χ1n) is 5.70. The lowest BCUT2D eigenvalue weighted by atomic mass is 10.2. The minimum absolute atomic E-state index is 0.0861. The van der Waals surface area contributed by atoms with Crippen molar-refractivity contribution in [2.45, 2.75) is 6.54 Å². The van der Waals surface area contributed by atoms with Crippen molar-refractivity contribution in [2.75, 3.05) is 12.4 Å². The summed E-state index contributed by atoms with van der Waals surface area (Å²) < 4.78 is 0. The molecule has 94 valence electrons. The molecule has 0 spiro atoms. The fraction of sp³-hybridized carbons (Fsp3) is 0.231. The van der Waals surface area contributed by atoms with E-state index < -0.39 is 0 Å². The molecule has 0 aliphatic rings. The van der Waals surface area contributed by atoms with Crippen molar-refractivity contribution in [1.82, 2.24) is 15.1 Å². The summed E-state index contributed by atoms with van der Waals surface area (Å²) in [6.07, 6.45) is 1.56. The van der Waals surface area contributed by atoms with Crippen LogP contribution in [0.2, 0.25) is 0 Å². The summed E-state index contributed by atoms with van der Waals surface area (Å²) in [5.41, 5.74) is 1.56. The third-order valence-corrected chi connectivity index (χ3v) is 2.76. The fourth-order valence-electron chi connectivity index (χ4n) is 1.70. The molecule has 1 amide bonds. The third-order valence-electron chi connectivity index (χ3n) is 2.59. The number of amides is 1. The molecule has 0 unspecified atom stereocenters. The second kappa shape index (κ2) is 6.21. The minimum Gasteiger partial charge on any atom is -0.332 e. The first kappa shape index (κ1) is 12.6. The van der Waals surface area contributed by atoms with Crippen molar-refractivity contribution in [3.8, 4) is 0 Å². The van der Waals surface area contributed by atoms with E-state index in [1.807, 2.05) is 30.3 Å². The van der Waals surface area contributed by atoms with Crippen LogP contribution in [0.1, 0.15) is 16.1 Å². The van der Waals surface area contributed by atoms with E-state index in [9.17, 15) is 4.79 Å². The van der Waals surface area contributed by atoms with Gasteiger partial charge < -0.3 is 4.90 Å². The Morgan fingerprint density at radius 3 is 2.67 bits per heavy atom. The molecule has 2 rings (SSSR count). The molecular weight excluding hydrogens is 250 g/mol. The van der Waals surface area contributed by atoms with Gasteiger partial charge in [0.05, 0.1) is 0 Å². The van der Waals surface area contributed by atoms with Crippen LogP contribution in [0.5, 0.6) is 0 Å². The summed E-state index contributed by atoms with van der Waals surface area (Å²) in [5, 5.41) is 6.46. The van der Waals surface area contributed by atoms with Crippen molar-refractivity contribution in [1.29, 1.82) is 0 Å².